The average molecular weight is 308 g/mol. The van der Waals surface area contributed by atoms with E-state index in [0.29, 0.717) is 0 Å². The first-order chi connectivity index (χ1) is 9.67. The van der Waals surface area contributed by atoms with Crippen LogP contribution in [0.5, 0.6) is 0 Å². The zero-order chi connectivity index (χ0) is 14.5. The molecule has 0 fully saturated rings. The van der Waals surface area contributed by atoms with Gasteiger partial charge in [0.15, 0.2) is 0 Å². The minimum absolute atomic E-state index is 0.253. The van der Waals surface area contributed by atoms with Crippen LogP contribution in [0.3, 0.4) is 0 Å². The number of thiophene rings is 1. The number of hydrogen-bond donors (Lipinski definition) is 1. The predicted molar refractivity (Wildman–Crippen MR) is 90.0 cm³/mol. The van der Waals surface area contributed by atoms with Gasteiger partial charge in [0.25, 0.3) is 0 Å². The maximum absolute atomic E-state index is 6.30. The maximum atomic E-state index is 6.30. The first-order valence-electron chi connectivity index (χ1n) is 7.23. The van der Waals surface area contributed by atoms with Crippen molar-refractivity contribution in [2.75, 3.05) is 6.54 Å². The molecule has 1 aromatic heterocycles. The molecule has 1 heterocycles. The molecule has 0 saturated heterocycles. The van der Waals surface area contributed by atoms with Crippen molar-refractivity contribution in [2.45, 2.75) is 39.7 Å². The van der Waals surface area contributed by atoms with Gasteiger partial charge in [-0.1, -0.05) is 37.6 Å². The standard InChI is InChI=1S/C17H22ClNS/c1-4-9-19-16(17-13(5-2)8-10-20-17)14-7-6-12(3)15(18)11-14/h6-8,10-11,16,19H,4-5,9H2,1-3H3. The fraction of sp³-hybridized carbons (Fsp3) is 0.412. The Morgan fingerprint density at radius 3 is 2.70 bits per heavy atom. The molecule has 0 bridgehead atoms. The summed E-state index contributed by atoms with van der Waals surface area (Å²) in [4.78, 5) is 1.42. The van der Waals surface area contributed by atoms with Gasteiger partial charge in [0.2, 0.25) is 0 Å². The molecule has 0 aliphatic rings. The summed E-state index contributed by atoms with van der Waals surface area (Å²) in [7, 11) is 0. The summed E-state index contributed by atoms with van der Waals surface area (Å²) in [6.45, 7) is 7.46. The second kappa shape index (κ2) is 7.26. The molecular weight excluding hydrogens is 286 g/mol. The van der Waals surface area contributed by atoms with Crippen molar-refractivity contribution in [2.24, 2.45) is 0 Å². The van der Waals surface area contributed by atoms with Gasteiger partial charge in [-0.15, -0.1) is 11.3 Å². The molecule has 0 saturated carbocycles. The summed E-state index contributed by atoms with van der Waals surface area (Å²) >= 11 is 8.13. The highest BCUT2D eigenvalue weighted by atomic mass is 35.5. The van der Waals surface area contributed by atoms with Crippen LogP contribution in [0, 0.1) is 6.92 Å². The van der Waals surface area contributed by atoms with E-state index in [1.54, 1.807) is 0 Å². The van der Waals surface area contributed by atoms with Crippen molar-refractivity contribution in [3.63, 3.8) is 0 Å². The van der Waals surface area contributed by atoms with Gasteiger partial charge in [0.05, 0.1) is 6.04 Å². The van der Waals surface area contributed by atoms with Gasteiger partial charge in [-0.2, -0.15) is 0 Å². The normalized spacial score (nSPS) is 12.6. The summed E-state index contributed by atoms with van der Waals surface area (Å²) in [5.41, 5.74) is 3.82. The summed E-state index contributed by atoms with van der Waals surface area (Å²) < 4.78 is 0. The Balaban J connectivity index is 2.38. The zero-order valence-electron chi connectivity index (χ0n) is 12.4. The molecule has 2 rings (SSSR count). The first kappa shape index (κ1) is 15.6. The Bertz CT molecular complexity index is 562. The Morgan fingerprint density at radius 1 is 1.25 bits per heavy atom. The van der Waals surface area contributed by atoms with Crippen molar-refractivity contribution in [1.29, 1.82) is 0 Å². The molecule has 1 unspecified atom stereocenters. The van der Waals surface area contributed by atoms with Gasteiger partial charge in [-0.05, 0) is 60.5 Å². The average Bonchev–Trinajstić information content (AvgIpc) is 2.91. The molecular formula is C17H22ClNS. The number of benzene rings is 1. The lowest BCUT2D eigenvalue weighted by atomic mass is 10.00. The molecule has 108 valence electrons. The number of nitrogens with one attached hydrogen (secondary N) is 1. The van der Waals surface area contributed by atoms with Gasteiger partial charge in [-0.3, -0.25) is 0 Å². The summed E-state index contributed by atoms with van der Waals surface area (Å²) in [6, 6.07) is 8.88. The lowest BCUT2D eigenvalue weighted by Crippen LogP contribution is -2.23. The van der Waals surface area contributed by atoms with Gasteiger partial charge in [0, 0.05) is 9.90 Å². The van der Waals surface area contributed by atoms with Crippen molar-refractivity contribution < 1.29 is 0 Å². The minimum Gasteiger partial charge on any atom is -0.306 e. The van der Waals surface area contributed by atoms with Crippen LogP contribution in [0.1, 0.15) is 47.9 Å². The van der Waals surface area contributed by atoms with Crippen LogP contribution in [-0.4, -0.2) is 6.54 Å². The number of hydrogen-bond acceptors (Lipinski definition) is 2. The van der Waals surface area contributed by atoms with Gasteiger partial charge in [0.1, 0.15) is 0 Å². The molecule has 1 nitrogen and oxygen atoms in total. The van der Waals surface area contributed by atoms with Gasteiger partial charge in [-0.25, -0.2) is 0 Å². The fourth-order valence-corrected chi connectivity index (χ4v) is 3.62. The highest BCUT2D eigenvalue weighted by molar-refractivity contribution is 7.10. The van der Waals surface area contributed by atoms with E-state index in [1.807, 2.05) is 18.3 Å². The molecule has 0 amide bonds. The Morgan fingerprint density at radius 2 is 2.05 bits per heavy atom. The van der Waals surface area contributed by atoms with Crippen molar-refractivity contribution in [3.8, 4) is 0 Å². The monoisotopic (exact) mass is 307 g/mol. The first-order valence-corrected chi connectivity index (χ1v) is 8.48. The van der Waals surface area contributed by atoms with Gasteiger partial charge >= 0.3 is 0 Å². The van der Waals surface area contributed by atoms with Crippen LogP contribution in [0.4, 0.5) is 0 Å². The molecule has 0 aliphatic carbocycles. The molecule has 0 aliphatic heterocycles. The minimum atomic E-state index is 0.253. The molecule has 3 heteroatoms. The molecule has 1 N–H and O–H groups in total. The lowest BCUT2D eigenvalue weighted by Gasteiger charge is -2.20. The van der Waals surface area contributed by atoms with Crippen molar-refractivity contribution >= 4 is 22.9 Å². The van der Waals surface area contributed by atoms with Crippen molar-refractivity contribution in [3.05, 3.63) is 56.2 Å². The topological polar surface area (TPSA) is 12.0 Å². The predicted octanol–water partition coefficient (Wildman–Crippen LogP) is 5.36. The van der Waals surface area contributed by atoms with Crippen LogP contribution in [0.25, 0.3) is 0 Å². The van der Waals surface area contributed by atoms with E-state index in [-0.39, 0.29) is 6.04 Å². The SMILES string of the molecule is CCCNC(c1ccc(C)c(Cl)c1)c1sccc1CC. The molecule has 1 atom stereocenters. The number of rotatable bonds is 6. The molecule has 1 aromatic carbocycles. The summed E-state index contributed by atoms with van der Waals surface area (Å²) in [5, 5.41) is 6.69. The zero-order valence-corrected chi connectivity index (χ0v) is 13.9. The van der Waals surface area contributed by atoms with E-state index in [4.69, 9.17) is 11.6 Å². The fourth-order valence-electron chi connectivity index (χ4n) is 2.33. The lowest BCUT2D eigenvalue weighted by molar-refractivity contribution is 0.602. The van der Waals surface area contributed by atoms with Crippen LogP contribution in [0.2, 0.25) is 5.02 Å². The summed E-state index contributed by atoms with van der Waals surface area (Å²) in [6.07, 6.45) is 2.20. The Kier molecular flexibility index (Phi) is 5.64. The smallest absolute Gasteiger partial charge is 0.0674 e. The highest BCUT2D eigenvalue weighted by Gasteiger charge is 2.18. The molecule has 2 aromatic rings. The van der Waals surface area contributed by atoms with E-state index in [9.17, 15) is 0 Å². The molecule has 0 radical (unpaired) electrons. The third-order valence-corrected chi connectivity index (χ3v) is 4.98. The second-order valence-electron chi connectivity index (χ2n) is 5.06. The van der Waals surface area contributed by atoms with Crippen LogP contribution in [-0.2, 0) is 6.42 Å². The molecule has 0 spiro atoms. The van der Waals surface area contributed by atoms with E-state index in [1.165, 1.54) is 16.0 Å². The van der Waals surface area contributed by atoms with E-state index in [2.05, 4.69) is 48.8 Å². The largest absolute Gasteiger partial charge is 0.306 e. The third-order valence-electron chi connectivity index (χ3n) is 3.55. The van der Waals surface area contributed by atoms with Crippen LogP contribution in [0.15, 0.2) is 29.6 Å². The van der Waals surface area contributed by atoms with Crippen LogP contribution >= 0.6 is 22.9 Å². The Labute approximate surface area is 131 Å². The van der Waals surface area contributed by atoms with Gasteiger partial charge < -0.3 is 5.32 Å². The van der Waals surface area contributed by atoms with Crippen molar-refractivity contribution in [1.82, 2.24) is 5.32 Å². The molecule has 20 heavy (non-hydrogen) atoms. The summed E-state index contributed by atoms with van der Waals surface area (Å²) in [5.74, 6) is 0. The highest BCUT2D eigenvalue weighted by Crippen LogP contribution is 2.32. The van der Waals surface area contributed by atoms with E-state index >= 15 is 0 Å². The van der Waals surface area contributed by atoms with Crippen LogP contribution < -0.4 is 5.32 Å². The second-order valence-corrected chi connectivity index (χ2v) is 6.41. The number of halogens is 1. The Hall–Kier alpha value is -0.830. The van der Waals surface area contributed by atoms with E-state index in [0.717, 1.165) is 30.0 Å². The van der Waals surface area contributed by atoms with E-state index < -0.39 is 0 Å². The third kappa shape index (κ3) is 3.43. The quantitative estimate of drug-likeness (QED) is 0.757. The maximum Gasteiger partial charge on any atom is 0.0674 e. The number of aryl methyl sites for hydroxylation is 2.